The van der Waals surface area contributed by atoms with Crippen LogP contribution in [0.4, 0.5) is 4.39 Å². The van der Waals surface area contributed by atoms with E-state index in [9.17, 15) is 28.7 Å². The molecule has 1 aromatic rings. The maximum absolute atomic E-state index is 13.7. The van der Waals surface area contributed by atoms with Gasteiger partial charge in [0.1, 0.15) is 11.9 Å². The summed E-state index contributed by atoms with van der Waals surface area (Å²) in [5.74, 6) is -3.19. The summed E-state index contributed by atoms with van der Waals surface area (Å²) in [4.78, 5) is 48.0. The van der Waals surface area contributed by atoms with Gasteiger partial charge in [0.2, 0.25) is 17.7 Å². The van der Waals surface area contributed by atoms with Crippen molar-refractivity contribution in [3.8, 4) is 6.07 Å². The fraction of sp³-hybridized carbons (Fsp3) is 0.522. The molecule has 1 aliphatic rings. The third-order valence-electron chi connectivity index (χ3n) is 5.72. The Morgan fingerprint density at radius 2 is 1.88 bits per heavy atom. The summed E-state index contributed by atoms with van der Waals surface area (Å²) in [6.07, 6.45) is 2.68. The lowest BCUT2D eigenvalue weighted by Crippen LogP contribution is -2.45. The number of nitriles is 1. The molecule has 1 fully saturated rings. The predicted octanol–water partition coefficient (Wildman–Crippen LogP) is 1.50. The molecule has 3 amide bonds. The van der Waals surface area contributed by atoms with Gasteiger partial charge in [-0.1, -0.05) is 0 Å². The molecule has 0 aromatic heterocycles. The molecule has 2 rings (SSSR count). The number of carbonyl (C=O) groups excluding carboxylic acids is 3. The van der Waals surface area contributed by atoms with Crippen LogP contribution in [0.2, 0.25) is 0 Å². The summed E-state index contributed by atoms with van der Waals surface area (Å²) in [6.45, 7) is 3.06. The Balaban J connectivity index is 1.81. The second-order valence-electron chi connectivity index (χ2n) is 8.66. The van der Waals surface area contributed by atoms with Gasteiger partial charge in [-0.3, -0.25) is 14.4 Å². The third kappa shape index (κ3) is 7.56. The molecule has 33 heavy (non-hydrogen) atoms. The molecule has 0 bridgehead atoms. The molecule has 4 N–H and O–H groups in total. The molecule has 0 spiro atoms. The quantitative estimate of drug-likeness (QED) is 0.393. The van der Waals surface area contributed by atoms with Gasteiger partial charge in [0.25, 0.3) is 0 Å². The fourth-order valence-electron chi connectivity index (χ4n) is 3.31. The first-order chi connectivity index (χ1) is 15.5. The molecule has 0 aliphatic heterocycles. The lowest BCUT2D eigenvalue weighted by Gasteiger charge is -2.26. The highest BCUT2D eigenvalue weighted by Crippen LogP contribution is 2.25. The third-order valence-corrected chi connectivity index (χ3v) is 5.72. The van der Waals surface area contributed by atoms with E-state index in [0.717, 1.165) is 25.3 Å². The van der Waals surface area contributed by atoms with Crippen LogP contribution in [0.3, 0.4) is 0 Å². The van der Waals surface area contributed by atoms with Gasteiger partial charge in [0, 0.05) is 25.4 Å². The maximum atomic E-state index is 13.7. The Morgan fingerprint density at radius 3 is 2.45 bits per heavy atom. The monoisotopic (exact) mass is 460 g/mol. The summed E-state index contributed by atoms with van der Waals surface area (Å²) >= 11 is 0. The van der Waals surface area contributed by atoms with Crippen LogP contribution in [0.1, 0.15) is 63.5 Å². The number of carboxylic acid groups (broad SMARTS) is 1. The number of rotatable bonds is 11. The normalized spacial score (nSPS) is 14.4. The highest BCUT2D eigenvalue weighted by atomic mass is 19.1. The van der Waals surface area contributed by atoms with E-state index in [1.807, 2.05) is 6.07 Å². The number of aliphatic carboxylic acids is 1. The molecule has 0 saturated heterocycles. The average Bonchev–Trinajstić information content (AvgIpc) is 2.72. The minimum atomic E-state index is -1.25. The highest BCUT2D eigenvalue weighted by molar-refractivity contribution is 5.88. The number of amides is 3. The van der Waals surface area contributed by atoms with Gasteiger partial charge in [-0.2, -0.15) is 5.26 Å². The lowest BCUT2D eigenvalue weighted by atomic mass is 9.83. The fourth-order valence-corrected chi connectivity index (χ4v) is 3.31. The van der Waals surface area contributed by atoms with Crippen molar-refractivity contribution in [3.05, 3.63) is 35.1 Å². The Hall–Kier alpha value is -3.48. The molecule has 178 valence electrons. The largest absolute Gasteiger partial charge is 0.480 e. The summed E-state index contributed by atoms with van der Waals surface area (Å²) in [5, 5.41) is 26.1. The van der Waals surface area contributed by atoms with Crippen molar-refractivity contribution >= 4 is 23.7 Å². The number of carboxylic acids is 1. The smallest absolute Gasteiger partial charge is 0.326 e. The van der Waals surface area contributed by atoms with Crippen molar-refractivity contribution < 1.29 is 28.7 Å². The van der Waals surface area contributed by atoms with E-state index >= 15 is 0 Å². The first-order valence-corrected chi connectivity index (χ1v) is 10.8. The Morgan fingerprint density at radius 1 is 1.18 bits per heavy atom. The maximum Gasteiger partial charge on any atom is 0.326 e. The van der Waals surface area contributed by atoms with E-state index in [-0.39, 0.29) is 43.3 Å². The molecule has 1 saturated carbocycles. The van der Waals surface area contributed by atoms with Crippen LogP contribution in [-0.2, 0) is 24.6 Å². The van der Waals surface area contributed by atoms with Crippen LogP contribution in [0.5, 0.6) is 0 Å². The molecular weight excluding hydrogens is 431 g/mol. The van der Waals surface area contributed by atoms with Crippen molar-refractivity contribution in [1.82, 2.24) is 16.0 Å². The van der Waals surface area contributed by atoms with E-state index in [4.69, 9.17) is 5.26 Å². The van der Waals surface area contributed by atoms with Crippen LogP contribution < -0.4 is 16.0 Å². The molecule has 10 heteroatoms. The molecular formula is C23H29FN4O5. The van der Waals surface area contributed by atoms with Crippen LogP contribution in [-0.4, -0.2) is 47.4 Å². The Bertz CT molecular complexity index is 953. The predicted molar refractivity (Wildman–Crippen MR) is 116 cm³/mol. The average molecular weight is 461 g/mol. The number of carbonyl (C=O) groups is 4. The molecule has 1 aliphatic carbocycles. The van der Waals surface area contributed by atoms with E-state index < -0.39 is 35.1 Å². The SMILES string of the molecule is CC(C)(C(=O)NCCC(=O)N[C@@H](CCC(=O)NC1CCC1)C(=O)O)c1cc(F)cc(C#N)c1. The van der Waals surface area contributed by atoms with Gasteiger partial charge in [-0.05, 0) is 63.3 Å². The van der Waals surface area contributed by atoms with Gasteiger partial charge in [-0.15, -0.1) is 0 Å². The minimum Gasteiger partial charge on any atom is -0.480 e. The Labute approximate surface area is 191 Å². The van der Waals surface area contributed by atoms with Crippen molar-refractivity contribution in [2.75, 3.05) is 6.54 Å². The van der Waals surface area contributed by atoms with Crippen LogP contribution >= 0.6 is 0 Å². The van der Waals surface area contributed by atoms with Gasteiger partial charge in [0.15, 0.2) is 0 Å². The van der Waals surface area contributed by atoms with E-state index in [0.29, 0.717) is 5.56 Å². The summed E-state index contributed by atoms with van der Waals surface area (Å²) in [5.41, 5.74) is -0.764. The molecule has 9 nitrogen and oxygen atoms in total. The second-order valence-corrected chi connectivity index (χ2v) is 8.66. The zero-order chi connectivity index (χ0) is 24.6. The van der Waals surface area contributed by atoms with Gasteiger partial charge in [-0.25, -0.2) is 9.18 Å². The number of hydrogen-bond donors (Lipinski definition) is 4. The number of nitrogens with zero attached hydrogens (tertiary/aromatic N) is 1. The number of halogens is 1. The Kier molecular flexibility index (Phi) is 8.91. The first kappa shape index (κ1) is 25.8. The first-order valence-electron chi connectivity index (χ1n) is 10.8. The molecule has 0 radical (unpaired) electrons. The highest BCUT2D eigenvalue weighted by Gasteiger charge is 2.31. The van der Waals surface area contributed by atoms with E-state index in [2.05, 4.69) is 16.0 Å². The van der Waals surface area contributed by atoms with Crippen LogP contribution in [0.25, 0.3) is 0 Å². The van der Waals surface area contributed by atoms with Gasteiger partial charge >= 0.3 is 5.97 Å². The molecule has 0 heterocycles. The molecule has 1 atom stereocenters. The van der Waals surface area contributed by atoms with Crippen molar-refractivity contribution in [2.24, 2.45) is 0 Å². The number of benzene rings is 1. The number of nitrogens with one attached hydrogen (secondary N) is 3. The van der Waals surface area contributed by atoms with Crippen molar-refractivity contribution in [3.63, 3.8) is 0 Å². The number of hydrogen-bond acceptors (Lipinski definition) is 5. The van der Waals surface area contributed by atoms with E-state index in [1.165, 1.54) is 12.1 Å². The topological polar surface area (TPSA) is 148 Å². The summed E-state index contributed by atoms with van der Waals surface area (Å²) < 4.78 is 13.7. The molecule has 0 unspecified atom stereocenters. The van der Waals surface area contributed by atoms with Gasteiger partial charge in [0.05, 0.1) is 17.0 Å². The minimum absolute atomic E-state index is 0.0169. The van der Waals surface area contributed by atoms with Crippen LogP contribution in [0, 0.1) is 17.1 Å². The lowest BCUT2D eigenvalue weighted by molar-refractivity contribution is -0.142. The van der Waals surface area contributed by atoms with Crippen molar-refractivity contribution in [1.29, 1.82) is 5.26 Å². The summed E-state index contributed by atoms with van der Waals surface area (Å²) in [6, 6.07) is 4.44. The van der Waals surface area contributed by atoms with Crippen LogP contribution in [0.15, 0.2) is 18.2 Å². The van der Waals surface area contributed by atoms with Crippen molar-refractivity contribution in [2.45, 2.75) is 69.9 Å². The second kappa shape index (κ2) is 11.4. The molecule has 1 aromatic carbocycles. The van der Waals surface area contributed by atoms with E-state index in [1.54, 1.807) is 13.8 Å². The standard InChI is InChI=1S/C23H29FN4O5/c1-23(2,15-10-14(13-25)11-16(24)12-15)22(33)26-9-8-20(30)28-18(21(31)32)6-7-19(29)27-17-4-3-5-17/h10-12,17-18H,3-9H2,1-2H3,(H,26,33)(H,27,29)(H,28,30)(H,31,32)/t18-/m0/s1. The zero-order valence-electron chi connectivity index (χ0n) is 18.7. The zero-order valence-corrected chi connectivity index (χ0v) is 18.7. The van der Waals surface area contributed by atoms with Gasteiger partial charge < -0.3 is 21.1 Å². The summed E-state index contributed by atoms with van der Waals surface area (Å²) in [7, 11) is 0.